The molecule has 0 spiro atoms. The van der Waals surface area contributed by atoms with Gasteiger partial charge in [-0.3, -0.25) is 4.79 Å². The van der Waals surface area contributed by atoms with E-state index in [0.29, 0.717) is 16.5 Å². The molecule has 8 heteroatoms. The molecule has 0 aliphatic heterocycles. The molecule has 0 unspecified atom stereocenters. The van der Waals surface area contributed by atoms with E-state index in [4.69, 9.17) is 0 Å². The topological polar surface area (TPSA) is 72.2 Å². The van der Waals surface area contributed by atoms with E-state index < -0.39 is 11.7 Å². The number of anilines is 1. The number of nitrogens with zero attached hydrogens (tertiary/aromatic N) is 4. The Morgan fingerprint density at radius 2 is 1.96 bits per heavy atom. The average molecular weight is 367 g/mol. The zero-order chi connectivity index (χ0) is 18.3. The molecule has 0 saturated heterocycles. The number of halogens is 1. The van der Waals surface area contributed by atoms with E-state index in [0.717, 1.165) is 16.1 Å². The zero-order valence-corrected chi connectivity index (χ0v) is 14.8. The lowest BCUT2D eigenvalue weighted by Gasteiger charge is -2.10. The minimum absolute atomic E-state index is 0.00622. The van der Waals surface area contributed by atoms with Crippen molar-refractivity contribution in [3.8, 4) is 10.6 Å². The maximum Gasteiger partial charge on any atom is 0.258 e. The van der Waals surface area contributed by atoms with Crippen LogP contribution >= 0.6 is 11.3 Å². The van der Waals surface area contributed by atoms with Crippen molar-refractivity contribution in [2.45, 2.75) is 13.8 Å². The van der Waals surface area contributed by atoms with Gasteiger partial charge in [0.05, 0.1) is 5.56 Å². The van der Waals surface area contributed by atoms with Gasteiger partial charge in [-0.2, -0.15) is 9.61 Å². The van der Waals surface area contributed by atoms with Crippen molar-refractivity contribution in [3.05, 3.63) is 65.2 Å². The number of hydrogen-bond donors (Lipinski definition) is 1. The van der Waals surface area contributed by atoms with E-state index in [1.54, 1.807) is 16.6 Å². The molecule has 2 aromatic heterocycles. The Bertz CT molecular complexity index is 1130. The molecule has 26 heavy (non-hydrogen) atoms. The average Bonchev–Trinajstić information content (AvgIpc) is 3.19. The standard InChI is InChI=1S/C18H14FN5OS/c1-10-7-8-12(17-23-24-11(2)21-22-18(24)26-17)9-15(10)20-16(25)13-5-3-4-6-14(13)19/h3-9H,1-2H3,(H,20,25). The van der Waals surface area contributed by atoms with Crippen LogP contribution in [0.25, 0.3) is 15.5 Å². The van der Waals surface area contributed by atoms with Crippen LogP contribution in [0.15, 0.2) is 42.5 Å². The van der Waals surface area contributed by atoms with E-state index in [1.807, 2.05) is 32.0 Å². The fourth-order valence-electron chi connectivity index (χ4n) is 2.56. The molecular formula is C18H14FN5OS. The van der Waals surface area contributed by atoms with E-state index in [2.05, 4.69) is 20.6 Å². The van der Waals surface area contributed by atoms with Gasteiger partial charge in [0.15, 0.2) is 5.82 Å². The third kappa shape index (κ3) is 2.84. The van der Waals surface area contributed by atoms with Gasteiger partial charge >= 0.3 is 0 Å². The summed E-state index contributed by atoms with van der Waals surface area (Å²) in [7, 11) is 0. The number of carbonyl (C=O) groups is 1. The van der Waals surface area contributed by atoms with Crippen molar-refractivity contribution < 1.29 is 9.18 Å². The summed E-state index contributed by atoms with van der Waals surface area (Å²) in [4.78, 5) is 13.1. The zero-order valence-electron chi connectivity index (χ0n) is 14.0. The van der Waals surface area contributed by atoms with Crippen LogP contribution in [0.5, 0.6) is 0 Å². The van der Waals surface area contributed by atoms with Gasteiger partial charge in [0.2, 0.25) is 4.96 Å². The molecule has 0 bridgehead atoms. The number of amides is 1. The monoisotopic (exact) mass is 367 g/mol. The van der Waals surface area contributed by atoms with Gasteiger partial charge in [0, 0.05) is 11.3 Å². The van der Waals surface area contributed by atoms with Crippen LogP contribution in [0, 0.1) is 19.7 Å². The number of aryl methyl sites for hydroxylation is 2. The minimum Gasteiger partial charge on any atom is -0.322 e. The highest BCUT2D eigenvalue weighted by molar-refractivity contribution is 7.19. The molecule has 0 atom stereocenters. The maximum absolute atomic E-state index is 13.8. The Labute approximate surface area is 152 Å². The summed E-state index contributed by atoms with van der Waals surface area (Å²) >= 11 is 1.41. The third-order valence-corrected chi connectivity index (χ3v) is 4.95. The Kier molecular flexibility index (Phi) is 3.96. The van der Waals surface area contributed by atoms with Crippen molar-refractivity contribution >= 4 is 27.9 Å². The Hall–Kier alpha value is -3.13. The van der Waals surface area contributed by atoms with Gasteiger partial charge < -0.3 is 5.32 Å². The first-order valence-electron chi connectivity index (χ1n) is 7.88. The molecule has 0 aliphatic carbocycles. The largest absolute Gasteiger partial charge is 0.322 e. The number of carbonyl (C=O) groups excluding carboxylic acids is 1. The quantitative estimate of drug-likeness (QED) is 0.597. The van der Waals surface area contributed by atoms with E-state index in [9.17, 15) is 9.18 Å². The molecule has 6 nitrogen and oxygen atoms in total. The molecule has 2 aromatic carbocycles. The first-order chi connectivity index (χ1) is 12.5. The van der Waals surface area contributed by atoms with E-state index >= 15 is 0 Å². The Balaban J connectivity index is 1.68. The molecule has 1 amide bonds. The molecule has 1 N–H and O–H groups in total. The summed E-state index contributed by atoms with van der Waals surface area (Å²) in [6, 6.07) is 11.5. The number of aromatic nitrogens is 4. The van der Waals surface area contributed by atoms with Gasteiger partial charge in [-0.1, -0.05) is 35.6 Å². The number of nitrogens with one attached hydrogen (secondary N) is 1. The first kappa shape index (κ1) is 16.3. The van der Waals surface area contributed by atoms with Crippen LogP contribution in [0.1, 0.15) is 21.7 Å². The number of fused-ring (bicyclic) bond motifs is 1. The lowest BCUT2D eigenvalue weighted by molar-refractivity contribution is 0.102. The van der Waals surface area contributed by atoms with Crippen LogP contribution < -0.4 is 5.32 Å². The van der Waals surface area contributed by atoms with Crippen molar-refractivity contribution in [2.24, 2.45) is 0 Å². The molecule has 0 saturated carbocycles. The normalized spacial score (nSPS) is 11.0. The van der Waals surface area contributed by atoms with Crippen molar-refractivity contribution in [1.29, 1.82) is 0 Å². The van der Waals surface area contributed by atoms with Crippen LogP contribution in [-0.4, -0.2) is 25.7 Å². The Morgan fingerprint density at radius 3 is 2.73 bits per heavy atom. The second-order valence-corrected chi connectivity index (χ2v) is 6.77. The molecule has 0 aliphatic rings. The highest BCUT2D eigenvalue weighted by atomic mass is 32.1. The molecule has 2 heterocycles. The summed E-state index contributed by atoms with van der Waals surface area (Å²) in [6.07, 6.45) is 0. The summed E-state index contributed by atoms with van der Waals surface area (Å²) in [5.74, 6) is -0.331. The number of rotatable bonds is 3. The highest BCUT2D eigenvalue weighted by Crippen LogP contribution is 2.29. The summed E-state index contributed by atoms with van der Waals surface area (Å²) in [6.45, 7) is 3.71. The van der Waals surface area contributed by atoms with E-state index in [-0.39, 0.29) is 5.56 Å². The molecule has 0 radical (unpaired) electrons. The van der Waals surface area contributed by atoms with Crippen LogP contribution in [0.2, 0.25) is 0 Å². The molecule has 4 aromatic rings. The van der Waals surface area contributed by atoms with Crippen LogP contribution in [0.4, 0.5) is 10.1 Å². The van der Waals surface area contributed by atoms with Gasteiger partial charge in [-0.05, 0) is 37.6 Å². The van der Waals surface area contributed by atoms with Gasteiger partial charge in [0.25, 0.3) is 5.91 Å². The first-order valence-corrected chi connectivity index (χ1v) is 8.70. The second-order valence-electron chi connectivity index (χ2n) is 5.81. The molecular weight excluding hydrogens is 353 g/mol. The van der Waals surface area contributed by atoms with Crippen molar-refractivity contribution in [3.63, 3.8) is 0 Å². The van der Waals surface area contributed by atoms with Crippen molar-refractivity contribution in [2.75, 3.05) is 5.32 Å². The minimum atomic E-state index is -0.553. The lowest BCUT2D eigenvalue weighted by Crippen LogP contribution is -2.14. The van der Waals surface area contributed by atoms with Gasteiger partial charge in [0.1, 0.15) is 10.8 Å². The van der Waals surface area contributed by atoms with Crippen LogP contribution in [-0.2, 0) is 0 Å². The fourth-order valence-corrected chi connectivity index (χ4v) is 3.44. The SMILES string of the molecule is Cc1ccc(-c2nn3c(C)nnc3s2)cc1NC(=O)c1ccccc1F. The van der Waals surface area contributed by atoms with E-state index in [1.165, 1.54) is 23.5 Å². The highest BCUT2D eigenvalue weighted by Gasteiger charge is 2.15. The third-order valence-electron chi connectivity index (χ3n) is 4.00. The lowest BCUT2D eigenvalue weighted by atomic mass is 10.1. The molecule has 130 valence electrons. The predicted octanol–water partition coefficient (Wildman–Crippen LogP) is 3.86. The maximum atomic E-state index is 13.8. The second kappa shape index (κ2) is 6.30. The number of hydrogen-bond acceptors (Lipinski definition) is 5. The molecule has 4 rings (SSSR count). The fraction of sp³-hybridized carbons (Fsp3) is 0.111. The molecule has 0 fully saturated rings. The van der Waals surface area contributed by atoms with Gasteiger partial charge in [-0.25, -0.2) is 4.39 Å². The smallest absolute Gasteiger partial charge is 0.258 e. The number of benzene rings is 2. The predicted molar refractivity (Wildman–Crippen MR) is 97.9 cm³/mol. The summed E-state index contributed by atoms with van der Waals surface area (Å²) in [5, 5.41) is 16.1. The Morgan fingerprint density at radius 1 is 1.15 bits per heavy atom. The van der Waals surface area contributed by atoms with Gasteiger partial charge in [-0.15, -0.1) is 10.2 Å². The van der Waals surface area contributed by atoms with Crippen molar-refractivity contribution in [1.82, 2.24) is 19.8 Å². The summed E-state index contributed by atoms with van der Waals surface area (Å²) < 4.78 is 15.5. The summed E-state index contributed by atoms with van der Waals surface area (Å²) in [5.41, 5.74) is 2.33. The van der Waals surface area contributed by atoms with Crippen LogP contribution in [0.3, 0.4) is 0 Å².